The average molecular weight is 389 g/mol. The van der Waals surface area contributed by atoms with Gasteiger partial charge in [0, 0.05) is 23.2 Å². The van der Waals surface area contributed by atoms with E-state index < -0.39 is 0 Å². The van der Waals surface area contributed by atoms with Crippen LogP contribution in [0.1, 0.15) is 40.5 Å². The number of amides is 1. The van der Waals surface area contributed by atoms with Crippen LogP contribution >= 0.6 is 0 Å². The molecule has 2 aromatic carbocycles. The molecule has 1 saturated heterocycles. The maximum Gasteiger partial charge on any atom is 0.252 e. The van der Waals surface area contributed by atoms with Crippen molar-refractivity contribution in [3.63, 3.8) is 0 Å². The summed E-state index contributed by atoms with van der Waals surface area (Å²) in [5.41, 5.74) is 3.48. The highest BCUT2D eigenvalue weighted by molar-refractivity contribution is 6.06. The first-order valence-corrected chi connectivity index (χ1v) is 10.2. The molecule has 1 aliphatic heterocycles. The van der Waals surface area contributed by atoms with Gasteiger partial charge in [0.2, 0.25) is 0 Å². The minimum atomic E-state index is -0.0641. The molecule has 1 amide bonds. The van der Waals surface area contributed by atoms with Gasteiger partial charge in [-0.15, -0.1) is 0 Å². The summed E-state index contributed by atoms with van der Waals surface area (Å²) >= 11 is 0. The first-order valence-electron chi connectivity index (χ1n) is 10.2. The van der Waals surface area contributed by atoms with Gasteiger partial charge in [-0.25, -0.2) is 0 Å². The van der Waals surface area contributed by atoms with Crippen LogP contribution in [-0.2, 0) is 0 Å². The van der Waals surface area contributed by atoms with Crippen LogP contribution in [-0.4, -0.2) is 42.5 Å². The van der Waals surface area contributed by atoms with Crippen LogP contribution in [0.2, 0.25) is 0 Å². The van der Waals surface area contributed by atoms with Gasteiger partial charge in [0.15, 0.2) is 0 Å². The Hall–Kier alpha value is -2.92. The first-order chi connectivity index (χ1) is 14.2. The van der Waals surface area contributed by atoms with Crippen LogP contribution in [0.5, 0.6) is 5.75 Å². The normalized spacial score (nSPS) is 15.4. The molecule has 0 bridgehead atoms. The Balaban J connectivity index is 1.60. The van der Waals surface area contributed by atoms with Gasteiger partial charge in [-0.1, -0.05) is 36.4 Å². The van der Waals surface area contributed by atoms with Crippen LogP contribution in [0.25, 0.3) is 10.9 Å². The van der Waals surface area contributed by atoms with Crippen molar-refractivity contribution >= 4 is 16.8 Å². The number of hydrogen-bond donors (Lipinski definition) is 1. The molecule has 1 aliphatic rings. The fraction of sp³-hybridized carbons (Fsp3) is 0.333. The van der Waals surface area contributed by atoms with E-state index >= 15 is 0 Å². The fourth-order valence-electron chi connectivity index (χ4n) is 4.21. The number of rotatable bonds is 6. The summed E-state index contributed by atoms with van der Waals surface area (Å²) in [6.07, 6.45) is 2.38. The number of benzene rings is 2. The van der Waals surface area contributed by atoms with Crippen LogP contribution in [0, 0.1) is 6.92 Å². The minimum Gasteiger partial charge on any atom is -0.496 e. The summed E-state index contributed by atoms with van der Waals surface area (Å²) in [5.74, 6) is 0.801. The number of carbonyl (C=O) groups is 1. The Kier molecular flexibility index (Phi) is 5.76. The molecule has 0 radical (unpaired) electrons. The number of hydrogen-bond acceptors (Lipinski definition) is 4. The monoisotopic (exact) mass is 389 g/mol. The number of pyridine rings is 1. The molecule has 150 valence electrons. The number of fused-ring (bicyclic) bond motifs is 1. The standard InChI is InChI=1S/C24H27N3O2/c1-17-15-20(18-9-3-5-11-21(18)26-17)24(28)25-16-22(27-13-7-8-14-27)19-10-4-6-12-23(19)29-2/h3-6,9-12,15,22H,7-8,13-14,16H2,1-2H3,(H,25,28). The summed E-state index contributed by atoms with van der Waals surface area (Å²) in [6, 6.07) is 17.8. The maximum absolute atomic E-state index is 13.1. The van der Waals surface area contributed by atoms with Gasteiger partial charge in [0.25, 0.3) is 5.91 Å². The van der Waals surface area contributed by atoms with Gasteiger partial charge in [-0.3, -0.25) is 14.7 Å². The molecule has 5 heteroatoms. The van der Waals surface area contributed by atoms with Gasteiger partial charge >= 0.3 is 0 Å². The second-order valence-corrected chi connectivity index (χ2v) is 7.54. The molecule has 2 heterocycles. The average Bonchev–Trinajstić information content (AvgIpc) is 3.28. The molecule has 0 aliphatic carbocycles. The Morgan fingerprint density at radius 2 is 1.86 bits per heavy atom. The minimum absolute atomic E-state index is 0.0641. The summed E-state index contributed by atoms with van der Waals surface area (Å²) in [7, 11) is 1.70. The SMILES string of the molecule is COc1ccccc1C(CNC(=O)c1cc(C)nc2ccccc12)N1CCCC1. The van der Waals surface area contributed by atoms with E-state index in [-0.39, 0.29) is 11.9 Å². The molecule has 1 N–H and O–H groups in total. The molecule has 5 nitrogen and oxygen atoms in total. The van der Waals surface area contributed by atoms with E-state index in [0.29, 0.717) is 12.1 Å². The topological polar surface area (TPSA) is 54.5 Å². The second kappa shape index (κ2) is 8.62. The lowest BCUT2D eigenvalue weighted by Gasteiger charge is -2.29. The molecular weight excluding hydrogens is 362 g/mol. The Labute approximate surface area is 171 Å². The Morgan fingerprint density at radius 3 is 2.66 bits per heavy atom. The van der Waals surface area contributed by atoms with Gasteiger partial charge in [0.1, 0.15) is 5.75 Å². The van der Waals surface area contributed by atoms with Crippen molar-refractivity contribution < 1.29 is 9.53 Å². The lowest BCUT2D eigenvalue weighted by Crippen LogP contribution is -2.37. The number of likely N-dealkylation sites (tertiary alicyclic amines) is 1. The number of nitrogens with zero attached hydrogens (tertiary/aromatic N) is 2. The third kappa shape index (κ3) is 4.10. The highest BCUT2D eigenvalue weighted by Gasteiger charge is 2.26. The van der Waals surface area contributed by atoms with Crippen molar-refractivity contribution in [3.05, 3.63) is 71.4 Å². The summed E-state index contributed by atoms with van der Waals surface area (Å²) in [6.45, 7) is 4.53. The highest BCUT2D eigenvalue weighted by Crippen LogP contribution is 2.31. The summed E-state index contributed by atoms with van der Waals surface area (Å²) in [5, 5.41) is 4.06. The van der Waals surface area contributed by atoms with Crippen molar-refractivity contribution in [2.75, 3.05) is 26.7 Å². The van der Waals surface area contributed by atoms with Crippen molar-refractivity contribution in [2.45, 2.75) is 25.8 Å². The Bertz CT molecular complexity index is 1010. The number of ether oxygens (including phenoxy) is 1. The quantitative estimate of drug-likeness (QED) is 0.689. The smallest absolute Gasteiger partial charge is 0.252 e. The number of para-hydroxylation sites is 2. The molecule has 1 atom stereocenters. The lowest BCUT2D eigenvalue weighted by molar-refractivity contribution is 0.0939. The number of aromatic nitrogens is 1. The molecule has 1 fully saturated rings. The van der Waals surface area contributed by atoms with Crippen molar-refractivity contribution in [3.8, 4) is 5.75 Å². The third-order valence-electron chi connectivity index (χ3n) is 5.62. The van der Waals surface area contributed by atoms with Gasteiger partial charge in [-0.05, 0) is 51.1 Å². The van der Waals surface area contributed by atoms with Gasteiger partial charge < -0.3 is 10.1 Å². The molecule has 29 heavy (non-hydrogen) atoms. The zero-order valence-electron chi connectivity index (χ0n) is 17.0. The number of aryl methyl sites for hydroxylation is 1. The van der Waals surface area contributed by atoms with Crippen LogP contribution in [0.15, 0.2) is 54.6 Å². The van der Waals surface area contributed by atoms with E-state index in [2.05, 4.69) is 21.3 Å². The van der Waals surface area contributed by atoms with Crippen LogP contribution in [0.3, 0.4) is 0 Å². The number of methoxy groups -OCH3 is 1. The molecule has 0 spiro atoms. The third-order valence-corrected chi connectivity index (χ3v) is 5.62. The molecule has 3 aromatic rings. The van der Waals surface area contributed by atoms with E-state index in [4.69, 9.17) is 4.74 Å². The molecule has 0 saturated carbocycles. The van der Waals surface area contributed by atoms with Crippen molar-refractivity contribution in [1.29, 1.82) is 0 Å². The number of nitrogens with one attached hydrogen (secondary N) is 1. The number of carbonyl (C=O) groups excluding carboxylic acids is 1. The maximum atomic E-state index is 13.1. The summed E-state index contributed by atoms with van der Waals surface area (Å²) in [4.78, 5) is 20.1. The van der Waals surface area contributed by atoms with Gasteiger partial charge in [-0.2, -0.15) is 0 Å². The van der Waals surface area contributed by atoms with Crippen molar-refractivity contribution in [1.82, 2.24) is 15.2 Å². The van der Waals surface area contributed by atoms with E-state index in [9.17, 15) is 4.79 Å². The molecule has 1 aromatic heterocycles. The van der Waals surface area contributed by atoms with E-state index in [1.54, 1.807) is 7.11 Å². The second-order valence-electron chi connectivity index (χ2n) is 7.54. The van der Waals surface area contributed by atoms with Gasteiger partial charge in [0.05, 0.1) is 24.2 Å². The highest BCUT2D eigenvalue weighted by atomic mass is 16.5. The predicted molar refractivity (Wildman–Crippen MR) is 115 cm³/mol. The predicted octanol–water partition coefficient (Wildman–Crippen LogP) is 4.12. The zero-order chi connectivity index (χ0) is 20.2. The Morgan fingerprint density at radius 1 is 1.14 bits per heavy atom. The fourth-order valence-corrected chi connectivity index (χ4v) is 4.21. The molecule has 4 rings (SSSR count). The van der Waals surface area contributed by atoms with Crippen LogP contribution in [0.4, 0.5) is 0 Å². The van der Waals surface area contributed by atoms with E-state index in [1.165, 1.54) is 12.8 Å². The summed E-state index contributed by atoms with van der Waals surface area (Å²) < 4.78 is 5.60. The zero-order valence-corrected chi connectivity index (χ0v) is 17.0. The van der Waals surface area contributed by atoms with Crippen LogP contribution < -0.4 is 10.1 Å². The molecule has 1 unspecified atom stereocenters. The van der Waals surface area contributed by atoms with E-state index in [1.807, 2.05) is 55.5 Å². The largest absolute Gasteiger partial charge is 0.496 e. The van der Waals surface area contributed by atoms with Crippen molar-refractivity contribution in [2.24, 2.45) is 0 Å². The lowest BCUT2D eigenvalue weighted by atomic mass is 10.0. The first kappa shape index (κ1) is 19.4. The molecular formula is C24H27N3O2. The van der Waals surface area contributed by atoms with E-state index in [0.717, 1.165) is 41.0 Å².